The second-order valence-corrected chi connectivity index (χ2v) is 6.03. The Labute approximate surface area is 123 Å². The average Bonchev–Trinajstić information content (AvgIpc) is 2.46. The highest BCUT2D eigenvalue weighted by Crippen LogP contribution is 2.26. The molecule has 1 amide bonds. The molecule has 0 radical (unpaired) electrons. The SMILES string of the molecule is O=C(c1ccc(Cl)cc1O)N1CCN2CCCCC2C1. The van der Waals surface area contributed by atoms with Crippen LogP contribution in [-0.4, -0.2) is 53.0 Å². The Morgan fingerprint density at radius 2 is 2.10 bits per heavy atom. The van der Waals surface area contributed by atoms with Crippen LogP contribution in [0.3, 0.4) is 0 Å². The highest BCUT2D eigenvalue weighted by molar-refractivity contribution is 6.30. The third-order valence-electron chi connectivity index (χ3n) is 4.31. The third-order valence-corrected chi connectivity index (χ3v) is 4.55. The van der Waals surface area contributed by atoms with E-state index in [4.69, 9.17) is 11.6 Å². The summed E-state index contributed by atoms with van der Waals surface area (Å²) in [6.45, 7) is 3.59. The molecular formula is C15H19ClN2O2. The first-order valence-corrected chi connectivity index (χ1v) is 7.55. The lowest BCUT2D eigenvalue weighted by Gasteiger charge is -2.44. The van der Waals surface area contributed by atoms with Crippen molar-refractivity contribution in [2.75, 3.05) is 26.2 Å². The molecule has 2 saturated heterocycles. The number of aromatic hydroxyl groups is 1. The number of hydrogen-bond donors (Lipinski definition) is 1. The van der Waals surface area contributed by atoms with E-state index in [1.807, 2.05) is 4.90 Å². The minimum absolute atomic E-state index is 0.0337. The molecule has 2 aliphatic rings. The van der Waals surface area contributed by atoms with Crippen LogP contribution in [0.15, 0.2) is 18.2 Å². The number of nitrogens with zero attached hydrogens (tertiary/aromatic N) is 2. The Morgan fingerprint density at radius 1 is 1.25 bits per heavy atom. The minimum atomic E-state index is -0.0932. The Balaban J connectivity index is 1.74. The molecule has 1 N–H and O–H groups in total. The fourth-order valence-electron chi connectivity index (χ4n) is 3.20. The number of phenolic OH excluding ortho intramolecular Hbond substituents is 1. The largest absolute Gasteiger partial charge is 0.507 e. The molecule has 108 valence electrons. The van der Waals surface area contributed by atoms with Crippen LogP contribution in [0.4, 0.5) is 0 Å². The summed E-state index contributed by atoms with van der Waals surface area (Å²) >= 11 is 5.81. The lowest BCUT2D eigenvalue weighted by molar-refractivity contribution is 0.0370. The van der Waals surface area contributed by atoms with Crippen LogP contribution < -0.4 is 0 Å². The molecule has 4 nitrogen and oxygen atoms in total. The van der Waals surface area contributed by atoms with Crippen molar-refractivity contribution >= 4 is 17.5 Å². The minimum Gasteiger partial charge on any atom is -0.507 e. The number of hydrogen-bond acceptors (Lipinski definition) is 3. The van der Waals surface area contributed by atoms with E-state index in [1.54, 1.807) is 12.1 Å². The number of piperazine rings is 1. The zero-order valence-electron chi connectivity index (χ0n) is 11.4. The number of piperidine rings is 1. The molecule has 0 bridgehead atoms. The monoisotopic (exact) mass is 294 g/mol. The van der Waals surface area contributed by atoms with Crippen LogP contribution in [0.5, 0.6) is 5.75 Å². The Hall–Kier alpha value is -1.26. The highest BCUT2D eigenvalue weighted by atomic mass is 35.5. The number of fused-ring (bicyclic) bond motifs is 1. The van der Waals surface area contributed by atoms with Crippen molar-refractivity contribution < 1.29 is 9.90 Å². The molecule has 2 fully saturated rings. The number of amides is 1. The van der Waals surface area contributed by atoms with Crippen LogP contribution in [0.1, 0.15) is 29.6 Å². The molecule has 0 aliphatic carbocycles. The average molecular weight is 295 g/mol. The van der Waals surface area contributed by atoms with E-state index in [-0.39, 0.29) is 11.7 Å². The molecule has 3 rings (SSSR count). The van der Waals surface area contributed by atoms with Crippen molar-refractivity contribution in [3.63, 3.8) is 0 Å². The van der Waals surface area contributed by atoms with Gasteiger partial charge in [0.2, 0.25) is 0 Å². The molecule has 2 heterocycles. The molecule has 20 heavy (non-hydrogen) atoms. The molecule has 5 heteroatoms. The van der Waals surface area contributed by atoms with Gasteiger partial charge >= 0.3 is 0 Å². The van der Waals surface area contributed by atoms with E-state index in [2.05, 4.69) is 4.90 Å². The van der Waals surface area contributed by atoms with E-state index >= 15 is 0 Å². The van der Waals surface area contributed by atoms with Crippen LogP contribution in [0, 0.1) is 0 Å². The summed E-state index contributed by atoms with van der Waals surface area (Å²) in [5.41, 5.74) is 0.346. The van der Waals surface area contributed by atoms with Gasteiger partial charge in [-0.15, -0.1) is 0 Å². The molecule has 1 aromatic rings. The standard InChI is InChI=1S/C15H19ClN2O2/c16-11-4-5-13(14(19)9-11)15(20)18-8-7-17-6-2-1-3-12(17)10-18/h4-5,9,12,19H,1-3,6-8,10H2. The molecule has 1 atom stereocenters. The van der Waals surface area contributed by atoms with Crippen molar-refractivity contribution in [1.29, 1.82) is 0 Å². The first-order chi connectivity index (χ1) is 9.65. The summed E-state index contributed by atoms with van der Waals surface area (Å²) in [7, 11) is 0. The van der Waals surface area contributed by atoms with E-state index in [9.17, 15) is 9.90 Å². The Bertz CT molecular complexity index is 521. The zero-order chi connectivity index (χ0) is 14.1. The van der Waals surface area contributed by atoms with E-state index in [0.717, 1.165) is 32.6 Å². The second-order valence-electron chi connectivity index (χ2n) is 5.60. The summed E-state index contributed by atoms with van der Waals surface area (Å²) in [6.07, 6.45) is 3.67. The van der Waals surface area contributed by atoms with E-state index in [0.29, 0.717) is 16.6 Å². The van der Waals surface area contributed by atoms with Gasteiger partial charge in [0.1, 0.15) is 5.75 Å². The summed E-state index contributed by atoms with van der Waals surface area (Å²) in [5.74, 6) is -0.127. The summed E-state index contributed by atoms with van der Waals surface area (Å²) in [4.78, 5) is 16.8. The summed E-state index contributed by atoms with van der Waals surface area (Å²) < 4.78 is 0. The van der Waals surface area contributed by atoms with Crippen LogP contribution in [-0.2, 0) is 0 Å². The zero-order valence-corrected chi connectivity index (χ0v) is 12.1. The maximum atomic E-state index is 12.5. The predicted molar refractivity (Wildman–Crippen MR) is 78.2 cm³/mol. The molecule has 2 aliphatic heterocycles. The summed E-state index contributed by atoms with van der Waals surface area (Å²) in [6, 6.07) is 5.15. The van der Waals surface area contributed by atoms with E-state index < -0.39 is 0 Å². The molecule has 1 unspecified atom stereocenters. The van der Waals surface area contributed by atoms with Crippen molar-refractivity contribution in [3.8, 4) is 5.75 Å². The van der Waals surface area contributed by atoms with Crippen molar-refractivity contribution in [2.24, 2.45) is 0 Å². The topological polar surface area (TPSA) is 43.8 Å². The van der Waals surface area contributed by atoms with Crippen molar-refractivity contribution in [1.82, 2.24) is 9.80 Å². The molecule has 0 aromatic heterocycles. The predicted octanol–water partition coefficient (Wildman–Crippen LogP) is 2.36. The van der Waals surface area contributed by atoms with Gasteiger partial charge in [0, 0.05) is 30.7 Å². The normalized spacial score (nSPS) is 23.4. The Kier molecular flexibility index (Phi) is 3.85. The van der Waals surface area contributed by atoms with E-state index in [1.165, 1.54) is 18.9 Å². The number of rotatable bonds is 1. The highest BCUT2D eigenvalue weighted by Gasteiger charge is 2.31. The quantitative estimate of drug-likeness (QED) is 0.865. The van der Waals surface area contributed by atoms with Crippen molar-refractivity contribution in [3.05, 3.63) is 28.8 Å². The van der Waals surface area contributed by atoms with Crippen LogP contribution in [0.25, 0.3) is 0 Å². The van der Waals surface area contributed by atoms with Gasteiger partial charge in [-0.2, -0.15) is 0 Å². The third kappa shape index (κ3) is 2.63. The van der Waals surface area contributed by atoms with Crippen LogP contribution in [0.2, 0.25) is 5.02 Å². The maximum Gasteiger partial charge on any atom is 0.257 e. The number of carbonyl (C=O) groups is 1. The molecule has 0 spiro atoms. The number of phenols is 1. The lowest BCUT2D eigenvalue weighted by Crippen LogP contribution is -2.56. The van der Waals surface area contributed by atoms with Crippen molar-refractivity contribution in [2.45, 2.75) is 25.3 Å². The molecular weight excluding hydrogens is 276 g/mol. The maximum absolute atomic E-state index is 12.5. The van der Waals surface area contributed by atoms with Gasteiger partial charge in [0.15, 0.2) is 0 Å². The van der Waals surface area contributed by atoms with Gasteiger partial charge in [-0.3, -0.25) is 9.69 Å². The van der Waals surface area contributed by atoms with Gasteiger partial charge in [-0.05, 0) is 37.6 Å². The number of benzene rings is 1. The van der Waals surface area contributed by atoms with Crippen LogP contribution >= 0.6 is 11.6 Å². The number of halogens is 1. The van der Waals surface area contributed by atoms with Gasteiger partial charge in [0.05, 0.1) is 5.56 Å². The lowest BCUT2D eigenvalue weighted by atomic mass is 9.99. The van der Waals surface area contributed by atoms with Gasteiger partial charge in [-0.1, -0.05) is 18.0 Å². The first-order valence-electron chi connectivity index (χ1n) is 7.17. The molecule has 1 aromatic carbocycles. The number of carbonyl (C=O) groups excluding carboxylic acids is 1. The fraction of sp³-hybridized carbons (Fsp3) is 0.533. The van der Waals surface area contributed by atoms with Gasteiger partial charge in [-0.25, -0.2) is 0 Å². The fourth-order valence-corrected chi connectivity index (χ4v) is 3.36. The Morgan fingerprint density at radius 3 is 2.90 bits per heavy atom. The summed E-state index contributed by atoms with van der Waals surface area (Å²) in [5, 5.41) is 10.3. The first kappa shape index (κ1) is 13.7. The smallest absolute Gasteiger partial charge is 0.257 e. The second kappa shape index (κ2) is 5.62. The molecule has 0 saturated carbocycles. The van der Waals surface area contributed by atoms with Gasteiger partial charge in [0.25, 0.3) is 5.91 Å². The van der Waals surface area contributed by atoms with Gasteiger partial charge < -0.3 is 10.0 Å².